The summed E-state index contributed by atoms with van der Waals surface area (Å²) < 4.78 is 25.7. The van der Waals surface area contributed by atoms with E-state index in [1.165, 1.54) is 28.3 Å². The normalized spacial score (nSPS) is 13.5. The first-order chi connectivity index (χ1) is 17.3. The number of nitro groups is 1. The van der Waals surface area contributed by atoms with Crippen molar-refractivity contribution in [1.82, 2.24) is 9.78 Å². The Balaban J connectivity index is 1.49. The number of carbonyl (C=O) groups is 2. The fraction of sp³-hybridized carbons (Fsp3) is 0.375. The molecular formula is C24H25FN4O6S. The number of anilines is 1. The molecule has 1 N–H and O–H groups in total. The minimum absolute atomic E-state index is 0.0555. The quantitative estimate of drug-likeness (QED) is 0.238. The second kappa shape index (κ2) is 10.9. The third-order valence-electron chi connectivity index (χ3n) is 5.83. The van der Waals surface area contributed by atoms with Gasteiger partial charge in [0.15, 0.2) is 12.4 Å². The molecule has 3 aromatic rings. The van der Waals surface area contributed by atoms with Crippen LogP contribution in [0, 0.1) is 15.9 Å². The number of hydrogen-bond acceptors (Lipinski definition) is 8. The van der Waals surface area contributed by atoms with E-state index in [1.54, 1.807) is 0 Å². The van der Waals surface area contributed by atoms with Crippen LogP contribution in [-0.2, 0) is 24.3 Å². The van der Waals surface area contributed by atoms with Crippen LogP contribution >= 0.6 is 11.3 Å². The van der Waals surface area contributed by atoms with Crippen LogP contribution in [0.4, 0.5) is 15.1 Å². The highest BCUT2D eigenvalue weighted by molar-refractivity contribution is 7.17. The molecule has 0 fully saturated rings. The van der Waals surface area contributed by atoms with Crippen LogP contribution in [-0.4, -0.2) is 32.7 Å². The van der Waals surface area contributed by atoms with Crippen LogP contribution in [0.25, 0.3) is 0 Å². The van der Waals surface area contributed by atoms with Crippen LogP contribution in [0.3, 0.4) is 0 Å². The summed E-state index contributed by atoms with van der Waals surface area (Å²) in [5.41, 5.74) is 1.01. The monoisotopic (exact) mass is 516 g/mol. The van der Waals surface area contributed by atoms with E-state index in [0.717, 1.165) is 54.3 Å². The average molecular weight is 517 g/mol. The topological polar surface area (TPSA) is 126 Å². The molecule has 12 heteroatoms. The first-order valence-corrected chi connectivity index (χ1v) is 12.4. The largest absolute Gasteiger partial charge is 0.464 e. The van der Waals surface area contributed by atoms with Crippen LogP contribution in [0.5, 0.6) is 5.75 Å². The number of nitrogens with one attached hydrogen (secondary N) is 1. The number of amides is 1. The van der Waals surface area contributed by atoms with Gasteiger partial charge in [0.1, 0.15) is 10.8 Å². The Morgan fingerprint density at radius 3 is 2.83 bits per heavy atom. The van der Waals surface area contributed by atoms with Crippen molar-refractivity contribution < 1.29 is 28.4 Å². The Hall–Kier alpha value is -3.80. The molecule has 0 spiro atoms. The van der Waals surface area contributed by atoms with Gasteiger partial charge in [0.2, 0.25) is 5.75 Å². The van der Waals surface area contributed by atoms with Crippen molar-refractivity contribution in [2.75, 3.05) is 5.32 Å². The molecule has 4 rings (SSSR count). The number of carbonyl (C=O) groups excluding carboxylic acids is 2. The van der Waals surface area contributed by atoms with Gasteiger partial charge >= 0.3 is 11.7 Å². The Kier molecular flexibility index (Phi) is 7.63. The van der Waals surface area contributed by atoms with Gasteiger partial charge in [-0.25, -0.2) is 13.9 Å². The van der Waals surface area contributed by atoms with E-state index in [1.807, 2.05) is 13.8 Å². The lowest BCUT2D eigenvalue weighted by molar-refractivity contribution is -0.386. The molecule has 0 saturated carbocycles. The van der Waals surface area contributed by atoms with Crippen molar-refractivity contribution in [3.63, 3.8) is 0 Å². The number of nitro benzene ring substituents is 1. The van der Waals surface area contributed by atoms with E-state index >= 15 is 0 Å². The lowest BCUT2D eigenvalue weighted by Gasteiger charge is -2.15. The van der Waals surface area contributed by atoms with E-state index in [9.17, 15) is 24.1 Å². The van der Waals surface area contributed by atoms with E-state index in [0.29, 0.717) is 17.0 Å². The van der Waals surface area contributed by atoms with Crippen LogP contribution in [0.15, 0.2) is 30.5 Å². The minimum Gasteiger partial charge on any atom is -0.464 e. The Bertz CT molecular complexity index is 1300. The lowest BCUT2D eigenvalue weighted by atomic mass is 9.95. The fourth-order valence-corrected chi connectivity index (χ4v) is 5.08. The second-order valence-corrected chi connectivity index (χ2v) is 9.48. The molecule has 0 bridgehead atoms. The molecule has 0 aliphatic heterocycles. The lowest BCUT2D eigenvalue weighted by Crippen LogP contribution is -2.19. The molecule has 36 heavy (non-hydrogen) atoms. The summed E-state index contributed by atoms with van der Waals surface area (Å²) in [5, 5.41) is 18.5. The maximum absolute atomic E-state index is 13.5. The molecule has 1 unspecified atom stereocenters. The van der Waals surface area contributed by atoms with Crippen LogP contribution in [0.2, 0.25) is 0 Å². The van der Waals surface area contributed by atoms with Gasteiger partial charge in [-0.3, -0.25) is 14.9 Å². The SMILES string of the molecule is CCC(C)OC(=O)c1c(NC(=O)c2ccn(COc3cc(F)ccc3[N+](=O)[O-])n2)sc2c1CCCC2. The molecule has 1 amide bonds. The molecule has 0 radical (unpaired) electrons. The minimum atomic E-state index is -0.683. The maximum Gasteiger partial charge on any atom is 0.341 e. The fourth-order valence-electron chi connectivity index (χ4n) is 3.81. The predicted octanol–water partition coefficient (Wildman–Crippen LogP) is 5.11. The highest BCUT2D eigenvalue weighted by atomic mass is 32.1. The summed E-state index contributed by atoms with van der Waals surface area (Å²) >= 11 is 1.38. The summed E-state index contributed by atoms with van der Waals surface area (Å²) in [7, 11) is 0. The second-order valence-electron chi connectivity index (χ2n) is 8.38. The predicted molar refractivity (Wildman–Crippen MR) is 130 cm³/mol. The van der Waals surface area contributed by atoms with Gasteiger partial charge in [0.05, 0.1) is 16.6 Å². The molecule has 2 aromatic heterocycles. The Morgan fingerprint density at radius 1 is 1.31 bits per heavy atom. The zero-order chi connectivity index (χ0) is 25.8. The molecular weight excluding hydrogens is 491 g/mol. The zero-order valence-corrected chi connectivity index (χ0v) is 20.6. The number of ether oxygens (including phenoxy) is 2. The summed E-state index contributed by atoms with van der Waals surface area (Å²) in [5.74, 6) is -1.91. The van der Waals surface area contributed by atoms with E-state index in [-0.39, 0.29) is 30.0 Å². The number of hydrogen-bond donors (Lipinski definition) is 1. The Labute approximate surface area is 210 Å². The number of benzene rings is 1. The first-order valence-electron chi connectivity index (χ1n) is 11.5. The average Bonchev–Trinajstić information content (AvgIpc) is 3.47. The highest BCUT2D eigenvalue weighted by Crippen LogP contribution is 2.39. The summed E-state index contributed by atoms with van der Waals surface area (Å²) in [4.78, 5) is 37.4. The maximum atomic E-state index is 13.5. The van der Waals surface area contributed by atoms with E-state index in [4.69, 9.17) is 9.47 Å². The van der Waals surface area contributed by atoms with Gasteiger partial charge in [-0.2, -0.15) is 5.10 Å². The van der Waals surface area contributed by atoms with Gasteiger partial charge in [0, 0.05) is 23.2 Å². The molecule has 1 atom stereocenters. The molecule has 1 aromatic carbocycles. The number of nitrogens with zero attached hydrogens (tertiary/aromatic N) is 3. The number of halogens is 1. The van der Waals surface area contributed by atoms with Gasteiger partial charge in [-0.1, -0.05) is 6.92 Å². The number of esters is 1. The van der Waals surface area contributed by atoms with Gasteiger partial charge in [-0.05, 0) is 56.7 Å². The van der Waals surface area contributed by atoms with Crippen molar-refractivity contribution in [2.24, 2.45) is 0 Å². The molecule has 0 saturated heterocycles. The Morgan fingerprint density at radius 2 is 2.08 bits per heavy atom. The third-order valence-corrected chi connectivity index (χ3v) is 7.04. The van der Waals surface area contributed by atoms with Crippen LogP contribution in [0.1, 0.15) is 64.4 Å². The number of aryl methyl sites for hydroxylation is 1. The van der Waals surface area contributed by atoms with Gasteiger partial charge < -0.3 is 14.8 Å². The zero-order valence-electron chi connectivity index (χ0n) is 19.8. The standard InChI is InChI=1S/C24H25FN4O6S/c1-3-14(2)35-24(31)21-16-6-4-5-7-20(16)36-23(21)26-22(30)17-10-11-28(27-17)13-34-19-12-15(25)8-9-18(19)29(32)33/h8-12,14H,3-7,13H2,1-2H3,(H,26,30). The number of aromatic nitrogens is 2. The van der Waals surface area contributed by atoms with Gasteiger partial charge in [0.25, 0.3) is 5.91 Å². The number of fused-ring (bicyclic) bond motifs is 1. The molecule has 1 aliphatic carbocycles. The van der Waals surface area contributed by atoms with Crippen molar-refractivity contribution in [2.45, 2.75) is 58.8 Å². The summed E-state index contributed by atoms with van der Waals surface area (Å²) in [6.45, 7) is 3.47. The van der Waals surface area contributed by atoms with E-state index in [2.05, 4.69) is 10.4 Å². The van der Waals surface area contributed by atoms with Crippen molar-refractivity contribution >= 4 is 33.9 Å². The van der Waals surface area contributed by atoms with Crippen LogP contribution < -0.4 is 10.1 Å². The summed E-state index contributed by atoms with van der Waals surface area (Å²) in [6, 6.07) is 4.34. The van der Waals surface area contributed by atoms with E-state index < -0.39 is 22.6 Å². The molecule has 10 nitrogen and oxygen atoms in total. The molecule has 1 aliphatic rings. The molecule has 2 heterocycles. The smallest absolute Gasteiger partial charge is 0.341 e. The third kappa shape index (κ3) is 5.54. The molecule has 190 valence electrons. The highest BCUT2D eigenvalue weighted by Gasteiger charge is 2.28. The van der Waals surface area contributed by atoms with Crippen molar-refractivity contribution in [3.8, 4) is 5.75 Å². The van der Waals surface area contributed by atoms with Crippen molar-refractivity contribution in [3.05, 3.63) is 68.1 Å². The van der Waals surface area contributed by atoms with Crippen molar-refractivity contribution in [1.29, 1.82) is 0 Å². The summed E-state index contributed by atoms with van der Waals surface area (Å²) in [6.07, 6.45) is 5.48. The van der Waals surface area contributed by atoms with Gasteiger partial charge in [-0.15, -0.1) is 11.3 Å². The number of rotatable bonds is 9. The number of thiophene rings is 1. The first kappa shape index (κ1) is 25.3.